The second-order valence-electron chi connectivity index (χ2n) is 8.31. The van der Waals surface area contributed by atoms with Crippen LogP contribution in [-0.4, -0.2) is 18.0 Å². The second kappa shape index (κ2) is 9.72. The SMILES string of the molecule is Cl.Fc1c(F)c(F)c(CN2CCC(=C3c4ccccc4C=Cc4ccccc43)CC2)c(F)c1F. The van der Waals surface area contributed by atoms with E-state index in [0.29, 0.717) is 25.9 Å². The molecule has 34 heavy (non-hydrogen) atoms. The van der Waals surface area contributed by atoms with Crippen LogP contribution in [0.3, 0.4) is 0 Å². The minimum absolute atomic E-state index is 0. The van der Waals surface area contributed by atoms with Gasteiger partial charge in [-0.05, 0) is 40.7 Å². The number of hydrogen-bond donors (Lipinski definition) is 0. The molecule has 1 aliphatic heterocycles. The maximum absolute atomic E-state index is 14.1. The molecule has 1 fully saturated rings. The molecule has 7 heteroatoms. The minimum Gasteiger partial charge on any atom is -0.298 e. The van der Waals surface area contributed by atoms with Gasteiger partial charge in [-0.15, -0.1) is 12.4 Å². The first kappa shape index (κ1) is 24.2. The highest BCUT2D eigenvalue weighted by Crippen LogP contribution is 2.39. The fraction of sp³-hybridized carbons (Fsp3) is 0.185. The lowest BCUT2D eigenvalue weighted by Crippen LogP contribution is -2.32. The van der Waals surface area contributed by atoms with Gasteiger partial charge in [0, 0.05) is 25.2 Å². The van der Waals surface area contributed by atoms with E-state index in [1.807, 2.05) is 24.3 Å². The van der Waals surface area contributed by atoms with Crippen molar-refractivity contribution in [1.29, 1.82) is 0 Å². The second-order valence-corrected chi connectivity index (χ2v) is 8.31. The van der Waals surface area contributed by atoms with Crippen molar-refractivity contribution >= 4 is 30.1 Å². The van der Waals surface area contributed by atoms with Crippen LogP contribution in [0.4, 0.5) is 22.0 Å². The molecule has 0 aromatic heterocycles. The van der Waals surface area contributed by atoms with E-state index in [9.17, 15) is 22.0 Å². The Bertz CT molecular complexity index is 1220. The van der Waals surface area contributed by atoms with Gasteiger partial charge in [0.25, 0.3) is 0 Å². The molecule has 1 heterocycles. The number of benzene rings is 3. The van der Waals surface area contributed by atoms with Gasteiger partial charge in [-0.1, -0.05) is 66.3 Å². The van der Waals surface area contributed by atoms with Gasteiger partial charge in [0.05, 0.1) is 0 Å². The van der Waals surface area contributed by atoms with Crippen LogP contribution >= 0.6 is 12.4 Å². The molecule has 3 aromatic carbocycles. The van der Waals surface area contributed by atoms with E-state index in [2.05, 4.69) is 36.4 Å². The summed E-state index contributed by atoms with van der Waals surface area (Å²) in [5.74, 6) is -9.44. The van der Waals surface area contributed by atoms with Crippen molar-refractivity contribution in [3.05, 3.63) is 111 Å². The van der Waals surface area contributed by atoms with Crippen LogP contribution in [-0.2, 0) is 6.54 Å². The highest BCUT2D eigenvalue weighted by molar-refractivity contribution is 5.94. The van der Waals surface area contributed by atoms with Gasteiger partial charge in [0.2, 0.25) is 5.82 Å². The first-order valence-electron chi connectivity index (χ1n) is 10.8. The Morgan fingerprint density at radius 3 is 1.56 bits per heavy atom. The van der Waals surface area contributed by atoms with E-state index in [0.717, 1.165) is 27.8 Å². The van der Waals surface area contributed by atoms with Crippen LogP contribution in [0.1, 0.15) is 40.7 Å². The molecular weight excluding hydrogens is 469 g/mol. The van der Waals surface area contributed by atoms with E-state index in [1.54, 1.807) is 4.90 Å². The quantitative estimate of drug-likeness (QED) is 0.161. The van der Waals surface area contributed by atoms with Crippen molar-refractivity contribution < 1.29 is 22.0 Å². The van der Waals surface area contributed by atoms with Crippen LogP contribution in [0.25, 0.3) is 17.7 Å². The van der Waals surface area contributed by atoms with Crippen molar-refractivity contribution in [2.75, 3.05) is 13.1 Å². The Balaban J connectivity index is 0.00000274. The largest absolute Gasteiger partial charge is 0.298 e. The molecule has 0 saturated carbocycles. The number of rotatable bonds is 2. The van der Waals surface area contributed by atoms with Crippen molar-refractivity contribution in [3.63, 3.8) is 0 Å². The zero-order chi connectivity index (χ0) is 23.1. The smallest absolute Gasteiger partial charge is 0.200 e. The van der Waals surface area contributed by atoms with Gasteiger partial charge in [-0.25, -0.2) is 22.0 Å². The Morgan fingerprint density at radius 1 is 0.618 bits per heavy atom. The number of halogens is 6. The van der Waals surface area contributed by atoms with E-state index >= 15 is 0 Å². The van der Waals surface area contributed by atoms with Crippen LogP contribution < -0.4 is 0 Å². The fourth-order valence-corrected chi connectivity index (χ4v) is 4.69. The molecule has 5 rings (SSSR count). The zero-order valence-electron chi connectivity index (χ0n) is 18.1. The van der Waals surface area contributed by atoms with E-state index in [-0.39, 0.29) is 19.0 Å². The highest BCUT2D eigenvalue weighted by atomic mass is 35.5. The summed E-state index contributed by atoms with van der Waals surface area (Å²) >= 11 is 0. The average Bonchev–Trinajstić information content (AvgIpc) is 3.02. The summed E-state index contributed by atoms with van der Waals surface area (Å²) in [6.45, 7) is 0.579. The van der Waals surface area contributed by atoms with Crippen molar-refractivity contribution in [1.82, 2.24) is 4.90 Å². The third-order valence-corrected chi connectivity index (χ3v) is 6.40. The monoisotopic (exact) mass is 489 g/mol. The van der Waals surface area contributed by atoms with Crippen molar-refractivity contribution in [3.8, 4) is 0 Å². The summed E-state index contributed by atoms with van der Waals surface area (Å²) in [4.78, 5) is 1.73. The van der Waals surface area contributed by atoms with Crippen LogP contribution in [0.5, 0.6) is 0 Å². The van der Waals surface area contributed by atoms with Crippen LogP contribution in [0.2, 0.25) is 0 Å². The molecule has 1 nitrogen and oxygen atoms in total. The summed E-state index contributed by atoms with van der Waals surface area (Å²) in [7, 11) is 0. The molecule has 0 unspecified atom stereocenters. The Hall–Kier alpha value is -2.96. The van der Waals surface area contributed by atoms with E-state index < -0.39 is 34.6 Å². The standard InChI is InChI=1S/C27H20F5N.ClH/c28-23-21(24(29)26(31)27(32)25(23)30)15-33-13-11-18(12-14-33)22-19-7-3-1-5-16(19)9-10-17-6-2-4-8-20(17)22;/h1-10H,11-15H2;1H. The maximum atomic E-state index is 14.1. The molecule has 0 radical (unpaired) electrons. The third-order valence-electron chi connectivity index (χ3n) is 6.40. The summed E-state index contributed by atoms with van der Waals surface area (Å²) in [6.07, 6.45) is 5.46. The predicted molar refractivity (Wildman–Crippen MR) is 126 cm³/mol. The number of nitrogens with zero attached hydrogens (tertiary/aromatic N) is 1. The van der Waals surface area contributed by atoms with Crippen molar-refractivity contribution in [2.24, 2.45) is 0 Å². The minimum atomic E-state index is -2.13. The topological polar surface area (TPSA) is 3.24 Å². The number of likely N-dealkylation sites (tertiary alicyclic amines) is 1. The third kappa shape index (κ3) is 4.17. The molecule has 2 aliphatic rings. The van der Waals surface area contributed by atoms with E-state index in [4.69, 9.17) is 0 Å². The Kier molecular flexibility index (Phi) is 6.91. The van der Waals surface area contributed by atoms with Crippen molar-refractivity contribution in [2.45, 2.75) is 19.4 Å². The van der Waals surface area contributed by atoms with Gasteiger partial charge in [0.1, 0.15) is 0 Å². The van der Waals surface area contributed by atoms with Gasteiger partial charge in [-0.2, -0.15) is 0 Å². The molecule has 0 bridgehead atoms. The summed E-state index contributed by atoms with van der Waals surface area (Å²) < 4.78 is 68.8. The Morgan fingerprint density at radius 2 is 1.06 bits per heavy atom. The first-order valence-corrected chi connectivity index (χ1v) is 10.8. The average molecular weight is 490 g/mol. The zero-order valence-corrected chi connectivity index (χ0v) is 18.9. The molecular formula is C27H21ClF5N. The molecule has 1 aliphatic carbocycles. The molecule has 0 atom stereocenters. The number of hydrogen-bond acceptors (Lipinski definition) is 1. The summed E-state index contributed by atoms with van der Waals surface area (Å²) in [5, 5.41) is 0. The summed E-state index contributed by atoms with van der Waals surface area (Å²) in [5.41, 5.74) is 6.06. The lowest BCUT2D eigenvalue weighted by molar-refractivity contribution is 0.236. The van der Waals surface area contributed by atoms with Gasteiger partial charge in [0.15, 0.2) is 23.3 Å². The lowest BCUT2D eigenvalue weighted by Gasteiger charge is -2.30. The molecule has 176 valence electrons. The number of piperidine rings is 1. The van der Waals surface area contributed by atoms with Crippen LogP contribution in [0, 0.1) is 29.1 Å². The van der Waals surface area contributed by atoms with Crippen LogP contribution in [0.15, 0.2) is 54.1 Å². The van der Waals surface area contributed by atoms with Gasteiger partial charge >= 0.3 is 0 Å². The fourth-order valence-electron chi connectivity index (χ4n) is 4.69. The molecule has 0 amide bonds. The molecule has 1 saturated heterocycles. The predicted octanol–water partition coefficient (Wildman–Crippen LogP) is 7.39. The normalized spacial score (nSPS) is 15.4. The first-order chi connectivity index (χ1) is 16.0. The lowest BCUT2D eigenvalue weighted by atomic mass is 9.86. The van der Waals surface area contributed by atoms with E-state index in [1.165, 1.54) is 5.57 Å². The maximum Gasteiger partial charge on any atom is 0.200 e. The number of fused-ring (bicyclic) bond motifs is 2. The summed E-state index contributed by atoms with van der Waals surface area (Å²) in [6, 6.07) is 16.3. The molecule has 3 aromatic rings. The van der Waals surface area contributed by atoms with Gasteiger partial charge < -0.3 is 0 Å². The molecule has 0 N–H and O–H groups in total. The molecule has 0 spiro atoms. The highest BCUT2D eigenvalue weighted by Gasteiger charge is 2.28. The van der Waals surface area contributed by atoms with Gasteiger partial charge in [-0.3, -0.25) is 4.90 Å². The Labute approximate surface area is 200 Å².